The number of esters is 1. The lowest BCUT2D eigenvalue weighted by molar-refractivity contribution is -0.131. The minimum Gasteiger partial charge on any atom is -0.426 e. The quantitative estimate of drug-likeness (QED) is 0.576. The van der Waals surface area contributed by atoms with Gasteiger partial charge in [0.05, 0.1) is 17.0 Å². The smallest absolute Gasteiger partial charge is 0.308 e. The van der Waals surface area contributed by atoms with Gasteiger partial charge in [0.25, 0.3) is 5.91 Å². The molecular formula is C21H24N2O5S. The number of para-hydroxylation sites is 1. The summed E-state index contributed by atoms with van der Waals surface area (Å²) in [5.74, 6) is -0.620. The third-order valence-corrected chi connectivity index (χ3v) is 6.57. The van der Waals surface area contributed by atoms with Crippen molar-refractivity contribution in [2.24, 2.45) is 0 Å². The van der Waals surface area contributed by atoms with Gasteiger partial charge < -0.3 is 10.1 Å². The summed E-state index contributed by atoms with van der Waals surface area (Å²) in [6.45, 7) is 3.59. The van der Waals surface area contributed by atoms with Crippen molar-refractivity contribution in [3.63, 3.8) is 0 Å². The Kier molecular flexibility index (Phi) is 6.22. The van der Waals surface area contributed by atoms with Crippen LogP contribution in [0.2, 0.25) is 0 Å². The molecular weight excluding hydrogens is 392 g/mol. The molecule has 1 heterocycles. The number of amides is 1. The van der Waals surface area contributed by atoms with E-state index in [4.69, 9.17) is 4.74 Å². The summed E-state index contributed by atoms with van der Waals surface area (Å²) in [6.07, 6.45) is 2.02. The molecule has 0 saturated heterocycles. The maximum Gasteiger partial charge on any atom is 0.308 e. The SMILES string of the molecule is CCCS(=O)(=O)N1CCCc2cc(NC(=O)c3ccccc3OC(C)=O)ccc21. The molecule has 2 aromatic carbocycles. The van der Waals surface area contributed by atoms with Crippen LogP contribution in [0.1, 0.15) is 42.6 Å². The maximum atomic E-state index is 12.7. The van der Waals surface area contributed by atoms with E-state index in [-0.39, 0.29) is 17.1 Å². The Hall–Kier alpha value is -2.87. The topological polar surface area (TPSA) is 92.8 Å². The van der Waals surface area contributed by atoms with Gasteiger partial charge in [0.15, 0.2) is 0 Å². The summed E-state index contributed by atoms with van der Waals surface area (Å²) in [7, 11) is -3.35. The van der Waals surface area contributed by atoms with Gasteiger partial charge in [-0.15, -0.1) is 0 Å². The van der Waals surface area contributed by atoms with Gasteiger partial charge in [-0.3, -0.25) is 13.9 Å². The second kappa shape index (κ2) is 8.65. The van der Waals surface area contributed by atoms with Crippen molar-refractivity contribution in [1.82, 2.24) is 0 Å². The number of hydrogen-bond donors (Lipinski definition) is 1. The summed E-state index contributed by atoms with van der Waals surface area (Å²) >= 11 is 0. The molecule has 7 nitrogen and oxygen atoms in total. The lowest BCUT2D eigenvalue weighted by Gasteiger charge is -2.30. The number of nitrogens with zero attached hydrogens (tertiary/aromatic N) is 1. The molecule has 3 rings (SSSR count). The Bertz CT molecular complexity index is 1030. The number of fused-ring (bicyclic) bond motifs is 1. The van der Waals surface area contributed by atoms with Crippen LogP contribution < -0.4 is 14.4 Å². The van der Waals surface area contributed by atoms with Gasteiger partial charge in [-0.05, 0) is 55.2 Å². The van der Waals surface area contributed by atoms with Gasteiger partial charge in [0.2, 0.25) is 10.0 Å². The van der Waals surface area contributed by atoms with E-state index >= 15 is 0 Å². The summed E-state index contributed by atoms with van der Waals surface area (Å²) in [4.78, 5) is 23.9. The van der Waals surface area contributed by atoms with Crippen LogP contribution in [0.5, 0.6) is 5.75 Å². The van der Waals surface area contributed by atoms with Gasteiger partial charge in [-0.1, -0.05) is 19.1 Å². The number of sulfonamides is 1. The van der Waals surface area contributed by atoms with Crippen LogP contribution in [-0.2, 0) is 21.2 Å². The first kappa shape index (κ1) is 20.9. The molecule has 1 aliphatic rings. The van der Waals surface area contributed by atoms with Crippen LogP contribution >= 0.6 is 0 Å². The highest BCUT2D eigenvalue weighted by Gasteiger charge is 2.27. The van der Waals surface area contributed by atoms with E-state index in [1.54, 1.807) is 42.5 Å². The van der Waals surface area contributed by atoms with Crippen molar-refractivity contribution in [2.75, 3.05) is 21.9 Å². The number of carbonyl (C=O) groups excluding carboxylic acids is 2. The van der Waals surface area contributed by atoms with Gasteiger partial charge in [0, 0.05) is 19.2 Å². The number of benzene rings is 2. The molecule has 0 aliphatic carbocycles. The highest BCUT2D eigenvalue weighted by molar-refractivity contribution is 7.92. The normalized spacial score (nSPS) is 13.5. The lowest BCUT2D eigenvalue weighted by atomic mass is 10.0. The van der Waals surface area contributed by atoms with E-state index in [0.29, 0.717) is 24.3 Å². The number of ether oxygens (including phenoxy) is 1. The van der Waals surface area contributed by atoms with Gasteiger partial charge in [0.1, 0.15) is 5.75 Å². The number of anilines is 2. The molecule has 0 unspecified atom stereocenters. The second-order valence-electron chi connectivity index (χ2n) is 6.88. The molecule has 0 radical (unpaired) electrons. The van der Waals surface area contributed by atoms with E-state index in [1.165, 1.54) is 11.2 Å². The van der Waals surface area contributed by atoms with Crippen LogP contribution in [0.3, 0.4) is 0 Å². The van der Waals surface area contributed by atoms with Gasteiger partial charge in [-0.2, -0.15) is 0 Å². The van der Waals surface area contributed by atoms with E-state index in [0.717, 1.165) is 18.4 Å². The Labute approximate surface area is 170 Å². The molecule has 1 amide bonds. The maximum absolute atomic E-state index is 12.7. The van der Waals surface area contributed by atoms with Crippen LogP contribution in [0.4, 0.5) is 11.4 Å². The average molecular weight is 416 g/mol. The molecule has 29 heavy (non-hydrogen) atoms. The average Bonchev–Trinajstić information content (AvgIpc) is 2.67. The standard InChI is InChI=1S/C21H24N2O5S/c1-3-13-29(26,27)23-12-6-7-16-14-17(10-11-19(16)23)22-21(25)18-8-4-5-9-20(18)28-15(2)24/h4-5,8-11,14H,3,6-7,12-13H2,1-2H3,(H,22,25). The van der Waals surface area contributed by atoms with Crippen molar-refractivity contribution >= 4 is 33.3 Å². The molecule has 0 fully saturated rings. The highest BCUT2D eigenvalue weighted by atomic mass is 32.2. The molecule has 0 spiro atoms. The van der Waals surface area contributed by atoms with Gasteiger partial charge in [-0.25, -0.2) is 8.42 Å². The van der Waals surface area contributed by atoms with E-state index in [1.807, 2.05) is 6.92 Å². The molecule has 2 aromatic rings. The van der Waals surface area contributed by atoms with E-state index < -0.39 is 21.9 Å². The Morgan fingerprint density at radius 3 is 2.66 bits per heavy atom. The fourth-order valence-electron chi connectivity index (χ4n) is 3.39. The van der Waals surface area contributed by atoms with E-state index in [9.17, 15) is 18.0 Å². The zero-order valence-electron chi connectivity index (χ0n) is 16.5. The fourth-order valence-corrected chi connectivity index (χ4v) is 5.02. The van der Waals surface area contributed by atoms with Crippen molar-refractivity contribution in [3.05, 3.63) is 53.6 Å². The summed E-state index contributed by atoms with van der Waals surface area (Å²) in [5.41, 5.74) is 2.35. The number of rotatable bonds is 6. The van der Waals surface area contributed by atoms with Crippen LogP contribution in [0.25, 0.3) is 0 Å². The molecule has 154 valence electrons. The zero-order valence-corrected chi connectivity index (χ0v) is 17.3. The largest absolute Gasteiger partial charge is 0.426 e. The monoisotopic (exact) mass is 416 g/mol. The number of carbonyl (C=O) groups is 2. The Morgan fingerprint density at radius 2 is 1.93 bits per heavy atom. The minimum atomic E-state index is -3.35. The van der Waals surface area contributed by atoms with Crippen LogP contribution in [0, 0.1) is 0 Å². The molecule has 1 aliphatic heterocycles. The minimum absolute atomic E-state index is 0.109. The molecule has 0 saturated carbocycles. The summed E-state index contributed by atoms with van der Waals surface area (Å²) < 4.78 is 31.6. The predicted molar refractivity (Wildman–Crippen MR) is 112 cm³/mol. The number of hydrogen-bond acceptors (Lipinski definition) is 5. The molecule has 8 heteroatoms. The summed E-state index contributed by atoms with van der Waals surface area (Å²) in [6, 6.07) is 11.7. The van der Waals surface area contributed by atoms with Crippen molar-refractivity contribution in [2.45, 2.75) is 33.1 Å². The summed E-state index contributed by atoms with van der Waals surface area (Å²) in [5, 5.41) is 2.80. The Morgan fingerprint density at radius 1 is 1.17 bits per heavy atom. The van der Waals surface area contributed by atoms with Crippen LogP contribution in [0.15, 0.2) is 42.5 Å². The first-order valence-corrected chi connectivity index (χ1v) is 11.1. The van der Waals surface area contributed by atoms with Crippen molar-refractivity contribution < 1.29 is 22.7 Å². The number of nitrogens with one attached hydrogen (secondary N) is 1. The van der Waals surface area contributed by atoms with E-state index in [2.05, 4.69) is 5.32 Å². The zero-order chi connectivity index (χ0) is 21.0. The first-order chi connectivity index (χ1) is 13.8. The second-order valence-corrected chi connectivity index (χ2v) is 8.89. The third kappa shape index (κ3) is 4.76. The van der Waals surface area contributed by atoms with Crippen LogP contribution in [-0.4, -0.2) is 32.6 Å². The molecule has 0 aromatic heterocycles. The Balaban J connectivity index is 1.84. The van der Waals surface area contributed by atoms with Crippen molar-refractivity contribution in [3.8, 4) is 5.75 Å². The highest BCUT2D eigenvalue weighted by Crippen LogP contribution is 2.32. The molecule has 0 atom stereocenters. The molecule has 1 N–H and O–H groups in total. The molecule has 0 bridgehead atoms. The number of aryl methyl sites for hydroxylation is 1. The fraction of sp³-hybridized carbons (Fsp3) is 0.333. The first-order valence-electron chi connectivity index (χ1n) is 9.54. The van der Waals surface area contributed by atoms with Crippen molar-refractivity contribution in [1.29, 1.82) is 0 Å². The lowest BCUT2D eigenvalue weighted by Crippen LogP contribution is -2.37. The predicted octanol–water partition coefficient (Wildman–Crippen LogP) is 3.36. The van der Waals surface area contributed by atoms with Gasteiger partial charge >= 0.3 is 5.97 Å². The third-order valence-electron chi connectivity index (χ3n) is 4.60.